The number of nitrogens with zero attached hydrogens (tertiary/aromatic N) is 3. The number of amides is 1. The first-order valence-corrected chi connectivity index (χ1v) is 8.75. The highest BCUT2D eigenvalue weighted by Gasteiger charge is 2.17. The number of halogens is 3. The summed E-state index contributed by atoms with van der Waals surface area (Å²) in [6, 6.07) is 4.22. The first kappa shape index (κ1) is 20.8. The molecule has 1 aromatic heterocycles. The molecule has 1 heterocycles. The van der Waals surface area contributed by atoms with Crippen LogP contribution in [-0.2, 0) is 11.3 Å². The molecule has 146 valence electrons. The van der Waals surface area contributed by atoms with Crippen LogP contribution in [0.3, 0.4) is 0 Å². The van der Waals surface area contributed by atoms with Crippen LogP contribution in [0.4, 0.5) is 13.6 Å². The van der Waals surface area contributed by atoms with Gasteiger partial charge < -0.3 is 10.1 Å². The molecule has 0 bridgehead atoms. The number of aromatic nitrogens is 3. The molecule has 27 heavy (non-hydrogen) atoms. The van der Waals surface area contributed by atoms with Gasteiger partial charge in [0.1, 0.15) is 17.7 Å². The summed E-state index contributed by atoms with van der Waals surface area (Å²) in [6.45, 7) is 4.72. The molecule has 0 saturated carbocycles. The van der Waals surface area contributed by atoms with Crippen molar-refractivity contribution in [2.24, 2.45) is 0 Å². The van der Waals surface area contributed by atoms with E-state index < -0.39 is 23.2 Å². The molecule has 0 saturated heterocycles. The van der Waals surface area contributed by atoms with E-state index in [2.05, 4.69) is 26.3 Å². The Bertz CT molecular complexity index is 916. The van der Waals surface area contributed by atoms with Crippen LogP contribution in [0.5, 0.6) is 0 Å². The van der Waals surface area contributed by atoms with Crippen molar-refractivity contribution in [3.8, 4) is 5.69 Å². The molecule has 1 amide bonds. The SMILES string of the molecule is CC(C)(C)OC(=O)NC/C(=C/F)Cn1ncn(-c2ccc(Br)cc2F)c1=O. The molecule has 0 unspecified atom stereocenters. The molecule has 7 nitrogen and oxygen atoms in total. The van der Waals surface area contributed by atoms with Crippen LogP contribution in [0.15, 0.2) is 45.7 Å². The molecule has 0 spiro atoms. The van der Waals surface area contributed by atoms with Crippen LogP contribution in [-0.4, -0.2) is 32.6 Å². The number of rotatable bonds is 5. The molecular formula is C17H19BrF2N4O3. The highest BCUT2D eigenvalue weighted by molar-refractivity contribution is 9.10. The van der Waals surface area contributed by atoms with Gasteiger partial charge in [-0.15, -0.1) is 0 Å². The predicted molar refractivity (Wildman–Crippen MR) is 98.9 cm³/mol. The summed E-state index contributed by atoms with van der Waals surface area (Å²) < 4.78 is 34.7. The number of alkyl carbamates (subject to hydrolysis) is 1. The van der Waals surface area contributed by atoms with Crippen molar-refractivity contribution in [1.82, 2.24) is 19.7 Å². The van der Waals surface area contributed by atoms with Gasteiger partial charge in [-0.1, -0.05) is 15.9 Å². The van der Waals surface area contributed by atoms with Gasteiger partial charge in [-0.3, -0.25) is 0 Å². The quantitative estimate of drug-likeness (QED) is 0.766. The normalized spacial score (nSPS) is 12.1. The van der Waals surface area contributed by atoms with Crippen molar-refractivity contribution >= 4 is 22.0 Å². The van der Waals surface area contributed by atoms with Gasteiger partial charge in [0.25, 0.3) is 0 Å². The maximum Gasteiger partial charge on any atom is 0.407 e. The van der Waals surface area contributed by atoms with Crippen molar-refractivity contribution in [2.75, 3.05) is 6.54 Å². The minimum absolute atomic E-state index is 0.0205. The van der Waals surface area contributed by atoms with E-state index in [0.717, 1.165) is 15.6 Å². The van der Waals surface area contributed by atoms with E-state index >= 15 is 0 Å². The summed E-state index contributed by atoms with van der Waals surface area (Å²) in [4.78, 5) is 24.0. The Labute approximate surface area is 162 Å². The Kier molecular flexibility index (Phi) is 6.53. The second-order valence-electron chi connectivity index (χ2n) is 6.66. The van der Waals surface area contributed by atoms with Gasteiger partial charge in [-0.2, -0.15) is 5.10 Å². The third-order valence-electron chi connectivity index (χ3n) is 3.27. The van der Waals surface area contributed by atoms with E-state index in [1.54, 1.807) is 26.8 Å². The smallest absolute Gasteiger partial charge is 0.407 e. The van der Waals surface area contributed by atoms with E-state index in [4.69, 9.17) is 4.74 Å². The van der Waals surface area contributed by atoms with E-state index in [9.17, 15) is 18.4 Å². The lowest BCUT2D eigenvalue weighted by Gasteiger charge is -2.19. The average molecular weight is 445 g/mol. The second kappa shape index (κ2) is 8.47. The van der Waals surface area contributed by atoms with Gasteiger partial charge in [0, 0.05) is 11.0 Å². The fourth-order valence-corrected chi connectivity index (χ4v) is 2.44. The zero-order chi connectivity index (χ0) is 20.2. The lowest BCUT2D eigenvalue weighted by Crippen LogP contribution is -2.34. The molecule has 0 aliphatic heterocycles. The molecule has 10 heteroatoms. The maximum atomic E-state index is 14.0. The van der Waals surface area contributed by atoms with Crippen LogP contribution < -0.4 is 11.0 Å². The van der Waals surface area contributed by atoms with Crippen LogP contribution in [0.2, 0.25) is 0 Å². The Hall–Kier alpha value is -2.49. The number of benzene rings is 1. The molecule has 0 radical (unpaired) electrons. The fourth-order valence-electron chi connectivity index (χ4n) is 2.11. The fraction of sp³-hybridized carbons (Fsp3) is 0.353. The number of carbonyl (C=O) groups excluding carboxylic acids is 1. The molecule has 0 aliphatic rings. The Morgan fingerprint density at radius 1 is 1.41 bits per heavy atom. The number of hydrogen-bond donors (Lipinski definition) is 1. The summed E-state index contributed by atoms with van der Waals surface area (Å²) in [5.74, 6) is -0.612. The van der Waals surface area contributed by atoms with Gasteiger partial charge in [-0.25, -0.2) is 27.6 Å². The van der Waals surface area contributed by atoms with Gasteiger partial charge in [0.2, 0.25) is 0 Å². The standard InChI is InChI=1S/C17H19BrF2N4O3/c1-17(2,3)27-15(25)21-8-11(7-19)9-24-16(26)23(10-22-24)14-5-4-12(18)6-13(14)20/h4-7,10H,8-9H2,1-3H3,(H,21,25)/b11-7-. The van der Waals surface area contributed by atoms with Crippen LogP contribution in [0, 0.1) is 5.82 Å². The topological polar surface area (TPSA) is 78.2 Å². The first-order valence-electron chi connectivity index (χ1n) is 7.95. The first-order chi connectivity index (χ1) is 12.6. The van der Waals surface area contributed by atoms with Crippen LogP contribution >= 0.6 is 15.9 Å². The largest absolute Gasteiger partial charge is 0.444 e. The van der Waals surface area contributed by atoms with E-state index in [1.165, 1.54) is 12.1 Å². The molecular weight excluding hydrogens is 426 g/mol. The molecule has 1 aromatic carbocycles. The Morgan fingerprint density at radius 2 is 2.11 bits per heavy atom. The number of hydrogen-bond acceptors (Lipinski definition) is 4. The number of ether oxygens (including phenoxy) is 1. The highest BCUT2D eigenvalue weighted by atomic mass is 79.9. The summed E-state index contributed by atoms with van der Waals surface area (Å²) in [6.07, 6.45) is 0.714. The predicted octanol–water partition coefficient (Wildman–Crippen LogP) is 3.31. The molecule has 0 atom stereocenters. The Balaban J connectivity index is 2.10. The molecule has 2 rings (SSSR count). The van der Waals surface area contributed by atoms with Gasteiger partial charge in [-0.05, 0) is 44.5 Å². The third kappa shape index (κ3) is 5.75. The highest BCUT2D eigenvalue weighted by Crippen LogP contribution is 2.17. The van der Waals surface area contributed by atoms with Gasteiger partial charge >= 0.3 is 11.8 Å². The monoisotopic (exact) mass is 444 g/mol. The van der Waals surface area contributed by atoms with Crippen molar-refractivity contribution in [1.29, 1.82) is 0 Å². The third-order valence-corrected chi connectivity index (χ3v) is 3.76. The number of carbonyl (C=O) groups is 1. The summed E-state index contributed by atoms with van der Waals surface area (Å²) in [5.41, 5.74) is -1.22. The molecule has 0 aliphatic carbocycles. The number of nitrogens with one attached hydrogen (secondary N) is 1. The lowest BCUT2D eigenvalue weighted by atomic mass is 10.2. The molecule has 0 fully saturated rings. The Morgan fingerprint density at radius 3 is 2.70 bits per heavy atom. The minimum Gasteiger partial charge on any atom is -0.444 e. The maximum absolute atomic E-state index is 14.0. The molecule has 1 N–H and O–H groups in total. The lowest BCUT2D eigenvalue weighted by molar-refractivity contribution is 0.0532. The summed E-state index contributed by atoms with van der Waals surface area (Å²) in [5, 5.41) is 6.27. The van der Waals surface area contributed by atoms with Crippen molar-refractivity contribution < 1.29 is 18.3 Å². The van der Waals surface area contributed by atoms with Gasteiger partial charge in [0.15, 0.2) is 0 Å². The van der Waals surface area contributed by atoms with Crippen molar-refractivity contribution in [2.45, 2.75) is 32.9 Å². The summed E-state index contributed by atoms with van der Waals surface area (Å²) in [7, 11) is 0. The summed E-state index contributed by atoms with van der Waals surface area (Å²) >= 11 is 3.14. The van der Waals surface area contributed by atoms with E-state index in [1.807, 2.05) is 0 Å². The van der Waals surface area contributed by atoms with Gasteiger partial charge in [0.05, 0.1) is 18.6 Å². The zero-order valence-corrected chi connectivity index (χ0v) is 16.6. The second-order valence-corrected chi connectivity index (χ2v) is 7.58. The van der Waals surface area contributed by atoms with E-state index in [0.29, 0.717) is 4.47 Å². The van der Waals surface area contributed by atoms with Crippen molar-refractivity contribution in [3.05, 3.63) is 57.2 Å². The van der Waals surface area contributed by atoms with E-state index in [-0.39, 0.29) is 30.7 Å². The van der Waals surface area contributed by atoms with Crippen LogP contribution in [0.25, 0.3) is 5.69 Å². The minimum atomic E-state index is -0.711. The zero-order valence-electron chi connectivity index (χ0n) is 15.0. The molecule has 2 aromatic rings. The van der Waals surface area contributed by atoms with Crippen molar-refractivity contribution in [3.63, 3.8) is 0 Å². The van der Waals surface area contributed by atoms with Crippen LogP contribution in [0.1, 0.15) is 20.8 Å². The average Bonchev–Trinajstić information content (AvgIpc) is 2.90.